The maximum absolute atomic E-state index is 12.0. The smallest absolute Gasteiger partial charge is 0.253 e. The highest BCUT2D eigenvalue weighted by Crippen LogP contribution is 2.11. The minimum Gasteiger partial charge on any atom is -0.411 e. The van der Waals surface area contributed by atoms with E-state index in [-0.39, 0.29) is 5.91 Å². The summed E-state index contributed by atoms with van der Waals surface area (Å²) in [7, 11) is 0. The van der Waals surface area contributed by atoms with E-state index in [2.05, 4.69) is 5.16 Å². The van der Waals surface area contributed by atoms with Crippen LogP contribution in [0.1, 0.15) is 23.2 Å². The number of likely N-dealkylation sites (tertiary alicyclic amines) is 1. The van der Waals surface area contributed by atoms with Crippen molar-refractivity contribution in [1.29, 1.82) is 0 Å². The molecule has 1 aliphatic heterocycles. The van der Waals surface area contributed by atoms with Crippen molar-refractivity contribution in [2.45, 2.75) is 12.8 Å². The SMILES string of the molecule is O=C(c1ccccc1)N1CCC(=NO)CC1. The molecule has 0 spiro atoms. The van der Waals surface area contributed by atoms with Crippen LogP contribution in [0.25, 0.3) is 0 Å². The summed E-state index contributed by atoms with van der Waals surface area (Å²) in [4.78, 5) is 13.8. The number of benzene rings is 1. The molecule has 0 radical (unpaired) electrons. The van der Waals surface area contributed by atoms with Crippen LogP contribution in [-0.4, -0.2) is 34.8 Å². The van der Waals surface area contributed by atoms with E-state index in [1.807, 2.05) is 30.3 Å². The number of hydrogen-bond donors (Lipinski definition) is 1. The number of carbonyl (C=O) groups is 1. The van der Waals surface area contributed by atoms with E-state index < -0.39 is 0 Å². The van der Waals surface area contributed by atoms with Gasteiger partial charge in [0.15, 0.2) is 0 Å². The van der Waals surface area contributed by atoms with Crippen LogP contribution in [0.2, 0.25) is 0 Å². The van der Waals surface area contributed by atoms with Crippen LogP contribution >= 0.6 is 0 Å². The van der Waals surface area contributed by atoms with Gasteiger partial charge in [0, 0.05) is 31.5 Å². The molecule has 4 heteroatoms. The second-order valence-electron chi connectivity index (χ2n) is 3.82. The highest BCUT2D eigenvalue weighted by molar-refractivity contribution is 5.95. The van der Waals surface area contributed by atoms with Gasteiger partial charge in [-0.3, -0.25) is 4.79 Å². The molecule has 1 aliphatic rings. The second-order valence-corrected chi connectivity index (χ2v) is 3.82. The van der Waals surface area contributed by atoms with Gasteiger partial charge in [0.1, 0.15) is 0 Å². The Balaban J connectivity index is 2.02. The summed E-state index contributed by atoms with van der Waals surface area (Å²) in [5.74, 6) is 0.0533. The Morgan fingerprint density at radius 1 is 1.19 bits per heavy atom. The van der Waals surface area contributed by atoms with Gasteiger partial charge in [0.05, 0.1) is 5.71 Å². The first-order chi connectivity index (χ1) is 7.81. The average molecular weight is 218 g/mol. The lowest BCUT2D eigenvalue weighted by Gasteiger charge is -2.27. The van der Waals surface area contributed by atoms with Gasteiger partial charge in [-0.2, -0.15) is 0 Å². The summed E-state index contributed by atoms with van der Waals surface area (Å²) in [5, 5.41) is 11.8. The van der Waals surface area contributed by atoms with E-state index in [1.54, 1.807) is 4.90 Å². The standard InChI is InChI=1S/C12H14N2O2/c15-12(10-4-2-1-3-5-10)14-8-6-11(13-16)7-9-14/h1-5,16H,6-9H2. The molecule has 0 aromatic heterocycles. The molecule has 84 valence electrons. The summed E-state index contributed by atoms with van der Waals surface area (Å²) in [6.07, 6.45) is 1.32. The molecule has 0 saturated carbocycles. The Bertz CT molecular complexity index is 391. The molecule has 1 amide bonds. The molecule has 0 aliphatic carbocycles. The number of oxime groups is 1. The van der Waals surface area contributed by atoms with Crippen molar-refractivity contribution >= 4 is 11.6 Å². The van der Waals surface area contributed by atoms with Crippen LogP contribution in [0, 0.1) is 0 Å². The first-order valence-corrected chi connectivity index (χ1v) is 5.35. The van der Waals surface area contributed by atoms with Crippen molar-refractivity contribution in [1.82, 2.24) is 4.90 Å². The van der Waals surface area contributed by atoms with E-state index in [4.69, 9.17) is 5.21 Å². The average Bonchev–Trinajstić information content (AvgIpc) is 2.39. The van der Waals surface area contributed by atoms with Crippen molar-refractivity contribution < 1.29 is 10.0 Å². The van der Waals surface area contributed by atoms with Crippen molar-refractivity contribution in [2.24, 2.45) is 5.16 Å². The lowest BCUT2D eigenvalue weighted by atomic mass is 10.1. The number of carbonyl (C=O) groups excluding carboxylic acids is 1. The van der Waals surface area contributed by atoms with E-state index in [0.717, 1.165) is 5.71 Å². The van der Waals surface area contributed by atoms with E-state index in [1.165, 1.54) is 0 Å². The van der Waals surface area contributed by atoms with Crippen LogP contribution < -0.4 is 0 Å². The molecule has 0 atom stereocenters. The van der Waals surface area contributed by atoms with Gasteiger partial charge in [-0.05, 0) is 12.1 Å². The molecule has 1 N–H and O–H groups in total. The van der Waals surface area contributed by atoms with Crippen LogP contribution in [-0.2, 0) is 0 Å². The summed E-state index contributed by atoms with van der Waals surface area (Å²) < 4.78 is 0. The molecule has 1 aromatic rings. The van der Waals surface area contributed by atoms with Gasteiger partial charge in [0.2, 0.25) is 0 Å². The zero-order valence-corrected chi connectivity index (χ0v) is 8.97. The minimum absolute atomic E-state index is 0.0533. The quantitative estimate of drug-likeness (QED) is 0.576. The van der Waals surface area contributed by atoms with E-state index in [9.17, 15) is 4.79 Å². The Morgan fingerprint density at radius 3 is 2.38 bits per heavy atom. The number of nitrogens with zero attached hydrogens (tertiary/aromatic N) is 2. The summed E-state index contributed by atoms with van der Waals surface area (Å²) in [5.41, 5.74) is 1.49. The molecule has 0 unspecified atom stereocenters. The normalized spacial score (nSPS) is 16.0. The van der Waals surface area contributed by atoms with Crippen LogP contribution in [0.5, 0.6) is 0 Å². The van der Waals surface area contributed by atoms with Gasteiger partial charge >= 0.3 is 0 Å². The van der Waals surface area contributed by atoms with Crippen molar-refractivity contribution in [3.05, 3.63) is 35.9 Å². The first-order valence-electron chi connectivity index (χ1n) is 5.35. The molecular weight excluding hydrogens is 204 g/mol. The largest absolute Gasteiger partial charge is 0.411 e. The van der Waals surface area contributed by atoms with Crippen LogP contribution in [0.4, 0.5) is 0 Å². The number of piperidine rings is 1. The molecule has 1 aromatic carbocycles. The maximum atomic E-state index is 12.0. The summed E-state index contributed by atoms with van der Waals surface area (Å²) in [6.45, 7) is 1.26. The molecule has 1 saturated heterocycles. The fourth-order valence-electron chi connectivity index (χ4n) is 1.83. The van der Waals surface area contributed by atoms with Gasteiger partial charge in [-0.1, -0.05) is 23.4 Å². The molecule has 0 bridgehead atoms. The van der Waals surface area contributed by atoms with Gasteiger partial charge in [-0.25, -0.2) is 0 Å². The lowest BCUT2D eigenvalue weighted by Crippen LogP contribution is -2.38. The topological polar surface area (TPSA) is 52.9 Å². The van der Waals surface area contributed by atoms with Crippen molar-refractivity contribution in [2.75, 3.05) is 13.1 Å². The first kappa shape index (κ1) is 10.7. The predicted molar refractivity (Wildman–Crippen MR) is 60.8 cm³/mol. The molecular formula is C12H14N2O2. The minimum atomic E-state index is 0.0533. The maximum Gasteiger partial charge on any atom is 0.253 e. The lowest BCUT2D eigenvalue weighted by molar-refractivity contribution is 0.0753. The molecule has 4 nitrogen and oxygen atoms in total. The van der Waals surface area contributed by atoms with Gasteiger partial charge in [-0.15, -0.1) is 0 Å². The second kappa shape index (κ2) is 4.79. The monoisotopic (exact) mass is 218 g/mol. The van der Waals surface area contributed by atoms with E-state index >= 15 is 0 Å². The Hall–Kier alpha value is -1.84. The summed E-state index contributed by atoms with van der Waals surface area (Å²) >= 11 is 0. The third-order valence-electron chi connectivity index (χ3n) is 2.79. The number of amides is 1. The fourth-order valence-corrected chi connectivity index (χ4v) is 1.83. The third kappa shape index (κ3) is 2.21. The Kier molecular flexibility index (Phi) is 3.19. The highest BCUT2D eigenvalue weighted by Gasteiger charge is 2.20. The van der Waals surface area contributed by atoms with Crippen molar-refractivity contribution in [3.8, 4) is 0 Å². The Labute approximate surface area is 94.2 Å². The van der Waals surface area contributed by atoms with E-state index in [0.29, 0.717) is 31.5 Å². The fraction of sp³-hybridized carbons (Fsp3) is 0.333. The van der Waals surface area contributed by atoms with Crippen LogP contribution in [0.15, 0.2) is 35.5 Å². The Morgan fingerprint density at radius 2 is 1.81 bits per heavy atom. The van der Waals surface area contributed by atoms with Crippen LogP contribution in [0.3, 0.4) is 0 Å². The van der Waals surface area contributed by atoms with Crippen molar-refractivity contribution in [3.63, 3.8) is 0 Å². The molecule has 1 heterocycles. The molecule has 1 fully saturated rings. The molecule has 2 rings (SSSR count). The number of hydrogen-bond acceptors (Lipinski definition) is 3. The van der Waals surface area contributed by atoms with Gasteiger partial charge < -0.3 is 10.1 Å². The number of rotatable bonds is 1. The highest BCUT2D eigenvalue weighted by atomic mass is 16.4. The predicted octanol–water partition coefficient (Wildman–Crippen LogP) is 1.75. The third-order valence-corrected chi connectivity index (χ3v) is 2.79. The zero-order valence-electron chi connectivity index (χ0n) is 8.97. The van der Waals surface area contributed by atoms with Gasteiger partial charge in [0.25, 0.3) is 5.91 Å². The molecule has 16 heavy (non-hydrogen) atoms. The zero-order chi connectivity index (χ0) is 11.4. The summed E-state index contributed by atoms with van der Waals surface area (Å²) in [6, 6.07) is 9.25.